The molecule has 0 aliphatic carbocycles. The van der Waals surface area contributed by atoms with Gasteiger partial charge in [0.1, 0.15) is 0 Å². The van der Waals surface area contributed by atoms with Crippen molar-refractivity contribution in [3.05, 3.63) is 35.9 Å². The van der Waals surface area contributed by atoms with E-state index >= 15 is 0 Å². The molecule has 0 atom stereocenters. The molecule has 1 aromatic carbocycles. The van der Waals surface area contributed by atoms with Crippen LogP contribution in [0, 0.1) is 0 Å². The Hall–Kier alpha value is -0.910. The molecule has 2 rings (SSSR count). The second kappa shape index (κ2) is 3.92. The minimum Gasteiger partial charge on any atom is -0.195 e. The molecule has 1 saturated heterocycles. The van der Waals surface area contributed by atoms with Gasteiger partial charge in [0.15, 0.2) is 0 Å². The highest BCUT2D eigenvalue weighted by Gasteiger charge is 2.34. The number of nitrogens with zero attached hydrogens (tertiary/aromatic N) is 2. The van der Waals surface area contributed by atoms with Crippen molar-refractivity contribution in [3.8, 4) is 0 Å². The van der Waals surface area contributed by atoms with Gasteiger partial charge in [0, 0.05) is 26.7 Å². The van der Waals surface area contributed by atoms with Gasteiger partial charge in [0.25, 0.3) is 10.2 Å². The molecule has 1 heterocycles. The Morgan fingerprint density at radius 2 is 1.87 bits per heavy atom. The highest BCUT2D eigenvalue weighted by Crippen LogP contribution is 2.17. The van der Waals surface area contributed by atoms with Crippen LogP contribution in [0.1, 0.15) is 5.56 Å². The predicted octanol–water partition coefficient (Wildman–Crippen LogP) is 0.679. The average Bonchev–Trinajstić information content (AvgIpc) is 3.02. The molecule has 0 spiro atoms. The van der Waals surface area contributed by atoms with Crippen LogP contribution >= 0.6 is 0 Å². The van der Waals surface area contributed by atoms with Gasteiger partial charge in [-0.3, -0.25) is 0 Å². The van der Waals surface area contributed by atoms with Crippen LogP contribution in [0.2, 0.25) is 0 Å². The van der Waals surface area contributed by atoms with Crippen molar-refractivity contribution >= 4 is 10.2 Å². The van der Waals surface area contributed by atoms with Crippen LogP contribution in [0.5, 0.6) is 0 Å². The van der Waals surface area contributed by atoms with Crippen molar-refractivity contribution in [3.63, 3.8) is 0 Å². The summed E-state index contributed by atoms with van der Waals surface area (Å²) < 4.78 is 26.3. The van der Waals surface area contributed by atoms with Gasteiger partial charge >= 0.3 is 0 Å². The second-order valence-corrected chi connectivity index (χ2v) is 5.68. The van der Waals surface area contributed by atoms with Gasteiger partial charge in [-0.25, -0.2) is 0 Å². The molecule has 4 nitrogen and oxygen atoms in total. The summed E-state index contributed by atoms with van der Waals surface area (Å²) in [5.74, 6) is 0. The zero-order chi connectivity index (χ0) is 10.9. The average molecular weight is 226 g/mol. The Labute approximate surface area is 90.3 Å². The molecule has 1 aromatic rings. The fourth-order valence-corrected chi connectivity index (χ4v) is 2.64. The van der Waals surface area contributed by atoms with E-state index < -0.39 is 10.2 Å². The summed E-state index contributed by atoms with van der Waals surface area (Å²) in [5, 5.41) is 0. The molecule has 0 aromatic heterocycles. The van der Waals surface area contributed by atoms with Gasteiger partial charge < -0.3 is 0 Å². The van der Waals surface area contributed by atoms with Crippen LogP contribution in [0.25, 0.3) is 0 Å². The quantitative estimate of drug-likeness (QED) is 0.708. The minimum atomic E-state index is -3.20. The second-order valence-electron chi connectivity index (χ2n) is 3.65. The monoisotopic (exact) mass is 226 g/mol. The van der Waals surface area contributed by atoms with E-state index in [1.807, 2.05) is 30.3 Å². The van der Waals surface area contributed by atoms with E-state index in [1.165, 1.54) is 8.61 Å². The lowest BCUT2D eigenvalue weighted by molar-refractivity contribution is 0.439. The van der Waals surface area contributed by atoms with E-state index in [4.69, 9.17) is 0 Å². The van der Waals surface area contributed by atoms with Crippen molar-refractivity contribution in [2.24, 2.45) is 0 Å². The highest BCUT2D eigenvalue weighted by atomic mass is 32.2. The maximum Gasteiger partial charge on any atom is 0.282 e. The molecule has 0 amide bonds. The van der Waals surface area contributed by atoms with Crippen LogP contribution in [0.15, 0.2) is 30.3 Å². The standard InChI is InChI=1S/C10H14N2O2S/c1-11(15(13,14)12-7-8-12)9-10-5-3-2-4-6-10/h2-6H,7-9H2,1H3. The molecule has 0 radical (unpaired) electrons. The molecule has 1 fully saturated rings. The van der Waals surface area contributed by atoms with Crippen LogP contribution < -0.4 is 0 Å². The van der Waals surface area contributed by atoms with Gasteiger partial charge in [0.05, 0.1) is 0 Å². The molecule has 0 bridgehead atoms. The fraction of sp³-hybridized carbons (Fsp3) is 0.400. The summed E-state index contributed by atoms with van der Waals surface area (Å²) >= 11 is 0. The van der Waals surface area contributed by atoms with Crippen molar-refractivity contribution in [2.45, 2.75) is 6.54 Å². The normalized spacial score (nSPS) is 16.9. The summed E-state index contributed by atoms with van der Waals surface area (Å²) in [4.78, 5) is 0. The SMILES string of the molecule is CN(Cc1ccccc1)S(=O)(=O)N1CC1. The van der Waals surface area contributed by atoms with Crippen molar-refractivity contribution < 1.29 is 8.42 Å². The zero-order valence-corrected chi connectivity index (χ0v) is 9.44. The van der Waals surface area contributed by atoms with E-state index in [1.54, 1.807) is 7.05 Å². The fourth-order valence-electron chi connectivity index (χ4n) is 1.39. The molecule has 1 aliphatic rings. The summed E-state index contributed by atoms with van der Waals surface area (Å²) in [6.07, 6.45) is 0. The third kappa shape index (κ3) is 2.37. The molecule has 15 heavy (non-hydrogen) atoms. The van der Waals surface area contributed by atoms with Gasteiger partial charge in [-0.15, -0.1) is 0 Å². The lowest BCUT2D eigenvalue weighted by Crippen LogP contribution is -2.31. The third-order valence-corrected chi connectivity index (χ3v) is 4.31. The summed E-state index contributed by atoms with van der Waals surface area (Å²) in [7, 11) is -1.59. The molecule has 1 aliphatic heterocycles. The Morgan fingerprint density at radius 1 is 1.27 bits per heavy atom. The Bertz CT molecular complexity index is 426. The van der Waals surface area contributed by atoms with E-state index in [2.05, 4.69) is 0 Å². The molecule has 5 heteroatoms. The van der Waals surface area contributed by atoms with Crippen LogP contribution in [-0.4, -0.2) is 37.2 Å². The smallest absolute Gasteiger partial charge is 0.195 e. The predicted molar refractivity (Wildman–Crippen MR) is 58.4 cm³/mol. The number of benzene rings is 1. The minimum absolute atomic E-state index is 0.430. The Kier molecular flexibility index (Phi) is 2.77. The maximum absolute atomic E-state index is 11.7. The zero-order valence-electron chi connectivity index (χ0n) is 8.63. The highest BCUT2D eigenvalue weighted by molar-refractivity contribution is 7.86. The molecular weight excluding hydrogens is 212 g/mol. The Balaban J connectivity index is 2.07. The molecule has 0 unspecified atom stereocenters. The lowest BCUT2D eigenvalue weighted by atomic mass is 10.2. The van der Waals surface area contributed by atoms with Crippen molar-refractivity contribution in [1.29, 1.82) is 0 Å². The van der Waals surface area contributed by atoms with Gasteiger partial charge in [-0.1, -0.05) is 30.3 Å². The molecule has 0 saturated carbocycles. The first-order valence-corrected chi connectivity index (χ1v) is 6.26. The molecule has 82 valence electrons. The summed E-state index contributed by atoms with van der Waals surface area (Å²) in [5.41, 5.74) is 1.01. The van der Waals surface area contributed by atoms with E-state index in [9.17, 15) is 8.42 Å². The first-order valence-electron chi connectivity index (χ1n) is 4.86. The number of hydrogen-bond acceptors (Lipinski definition) is 2. The lowest BCUT2D eigenvalue weighted by Gasteiger charge is -2.17. The summed E-state index contributed by atoms with van der Waals surface area (Å²) in [6, 6.07) is 9.59. The largest absolute Gasteiger partial charge is 0.282 e. The number of rotatable bonds is 4. The molecular formula is C10H14N2O2S. The number of hydrogen-bond donors (Lipinski definition) is 0. The Morgan fingerprint density at radius 3 is 2.40 bits per heavy atom. The van der Waals surface area contributed by atoms with Crippen LogP contribution in [-0.2, 0) is 16.8 Å². The maximum atomic E-state index is 11.7. The van der Waals surface area contributed by atoms with Crippen molar-refractivity contribution in [1.82, 2.24) is 8.61 Å². The first kappa shape index (κ1) is 10.6. The van der Waals surface area contributed by atoms with Gasteiger partial charge in [-0.05, 0) is 5.56 Å². The van der Waals surface area contributed by atoms with Crippen molar-refractivity contribution in [2.75, 3.05) is 20.1 Å². The van der Waals surface area contributed by atoms with E-state index in [0.717, 1.165) is 5.56 Å². The van der Waals surface area contributed by atoms with E-state index in [-0.39, 0.29) is 0 Å². The first-order chi connectivity index (χ1) is 7.10. The van der Waals surface area contributed by atoms with Gasteiger partial charge in [0.2, 0.25) is 0 Å². The molecule has 0 N–H and O–H groups in total. The van der Waals surface area contributed by atoms with E-state index in [0.29, 0.717) is 19.6 Å². The topological polar surface area (TPSA) is 40.4 Å². The summed E-state index contributed by atoms with van der Waals surface area (Å²) in [6.45, 7) is 1.74. The third-order valence-electron chi connectivity index (χ3n) is 2.37. The van der Waals surface area contributed by atoms with Crippen LogP contribution in [0.4, 0.5) is 0 Å². The van der Waals surface area contributed by atoms with Crippen LogP contribution in [0.3, 0.4) is 0 Å². The van der Waals surface area contributed by atoms with Gasteiger partial charge in [-0.2, -0.15) is 17.0 Å².